The van der Waals surface area contributed by atoms with Gasteiger partial charge < -0.3 is 15.6 Å². The van der Waals surface area contributed by atoms with E-state index in [1.54, 1.807) is 16.8 Å². The smallest absolute Gasteiger partial charge is 0.328 e. The second kappa shape index (κ2) is 6.80. The first-order valence-corrected chi connectivity index (χ1v) is 7.64. The van der Waals surface area contributed by atoms with E-state index in [2.05, 4.69) is 25.6 Å². The Labute approximate surface area is 137 Å². The van der Waals surface area contributed by atoms with E-state index in [1.807, 2.05) is 25.2 Å². The number of H-pyrrole nitrogens is 1. The Kier molecular flexibility index (Phi) is 4.59. The van der Waals surface area contributed by atoms with Crippen LogP contribution < -0.4 is 16.3 Å². The highest BCUT2D eigenvalue weighted by Gasteiger charge is 2.11. The Hall–Kier alpha value is -2.38. The van der Waals surface area contributed by atoms with Crippen LogP contribution in [0.4, 0.5) is 5.95 Å². The van der Waals surface area contributed by atoms with Crippen LogP contribution in [0.1, 0.15) is 5.56 Å². The summed E-state index contributed by atoms with van der Waals surface area (Å²) in [6.07, 6.45) is 1.61. The third-order valence-corrected chi connectivity index (χ3v) is 3.82. The molecule has 0 unspecified atom stereocenters. The van der Waals surface area contributed by atoms with E-state index in [-0.39, 0.29) is 5.69 Å². The third kappa shape index (κ3) is 3.35. The second-order valence-corrected chi connectivity index (χ2v) is 5.48. The van der Waals surface area contributed by atoms with Crippen LogP contribution in [-0.2, 0) is 6.54 Å². The summed E-state index contributed by atoms with van der Waals surface area (Å²) in [5, 5.41) is 6.77. The topological polar surface area (TPSA) is 87.6 Å². The highest BCUT2D eigenvalue weighted by Crippen LogP contribution is 2.17. The van der Waals surface area contributed by atoms with Crippen LogP contribution in [0.25, 0.3) is 11.2 Å². The molecule has 0 aliphatic heterocycles. The summed E-state index contributed by atoms with van der Waals surface area (Å²) in [6, 6.07) is 7.44. The zero-order valence-corrected chi connectivity index (χ0v) is 13.4. The predicted octanol–water partition coefficient (Wildman–Crippen LogP) is 1.45. The van der Waals surface area contributed by atoms with E-state index in [0.29, 0.717) is 35.2 Å². The molecule has 2 aromatic heterocycles. The minimum Gasteiger partial charge on any atom is -0.353 e. The maximum Gasteiger partial charge on any atom is 0.328 e. The Morgan fingerprint density at radius 3 is 2.91 bits per heavy atom. The van der Waals surface area contributed by atoms with Crippen molar-refractivity contribution in [3.8, 4) is 0 Å². The molecule has 1 aromatic carbocycles. The number of fused-ring (bicyclic) bond motifs is 1. The molecule has 120 valence electrons. The van der Waals surface area contributed by atoms with Gasteiger partial charge in [0.05, 0.1) is 12.7 Å². The molecule has 0 radical (unpaired) electrons. The van der Waals surface area contributed by atoms with E-state index < -0.39 is 0 Å². The molecule has 3 aromatic rings. The van der Waals surface area contributed by atoms with Gasteiger partial charge in [0.15, 0.2) is 5.65 Å². The summed E-state index contributed by atoms with van der Waals surface area (Å²) >= 11 is 6.18. The molecule has 2 heterocycles. The van der Waals surface area contributed by atoms with E-state index in [0.717, 1.165) is 12.1 Å². The number of anilines is 1. The molecular weight excluding hydrogens is 316 g/mol. The van der Waals surface area contributed by atoms with Crippen LogP contribution in [-0.4, -0.2) is 39.7 Å². The van der Waals surface area contributed by atoms with Crippen molar-refractivity contribution in [3.63, 3.8) is 0 Å². The van der Waals surface area contributed by atoms with E-state index in [9.17, 15) is 4.79 Å². The minimum atomic E-state index is -0.235. The zero-order chi connectivity index (χ0) is 16.2. The molecule has 23 heavy (non-hydrogen) atoms. The first kappa shape index (κ1) is 15.5. The fraction of sp³-hybridized carbons (Fsp3) is 0.267. The first-order chi connectivity index (χ1) is 11.2. The molecule has 0 atom stereocenters. The van der Waals surface area contributed by atoms with Gasteiger partial charge in [0.2, 0.25) is 5.95 Å². The maximum absolute atomic E-state index is 12.2. The number of halogens is 1. The van der Waals surface area contributed by atoms with Crippen molar-refractivity contribution >= 4 is 28.7 Å². The SMILES string of the molecule is CNCCNc1ncc2[nH]c(=O)n(Cc3ccccc3Cl)c2n1. The molecule has 0 bridgehead atoms. The third-order valence-electron chi connectivity index (χ3n) is 3.46. The number of rotatable bonds is 6. The lowest BCUT2D eigenvalue weighted by Crippen LogP contribution is -2.19. The number of hydrogen-bond acceptors (Lipinski definition) is 5. The molecule has 3 rings (SSSR count). The average molecular weight is 333 g/mol. The average Bonchev–Trinajstić information content (AvgIpc) is 2.85. The number of nitrogens with one attached hydrogen (secondary N) is 3. The molecule has 0 fully saturated rings. The highest BCUT2D eigenvalue weighted by molar-refractivity contribution is 6.31. The number of aromatic amines is 1. The monoisotopic (exact) mass is 332 g/mol. The fourth-order valence-corrected chi connectivity index (χ4v) is 2.47. The summed E-state index contributed by atoms with van der Waals surface area (Å²) < 4.78 is 1.56. The lowest BCUT2D eigenvalue weighted by Gasteiger charge is -2.07. The minimum absolute atomic E-state index is 0.235. The van der Waals surface area contributed by atoms with Gasteiger partial charge in [0.25, 0.3) is 0 Å². The number of likely N-dealkylation sites (N-methyl/N-ethyl adjacent to an activating group) is 1. The number of imidazole rings is 1. The molecule has 0 aliphatic rings. The summed E-state index contributed by atoms with van der Waals surface area (Å²) in [4.78, 5) is 23.6. The van der Waals surface area contributed by atoms with Gasteiger partial charge in [-0.2, -0.15) is 4.98 Å². The second-order valence-electron chi connectivity index (χ2n) is 5.07. The van der Waals surface area contributed by atoms with E-state index >= 15 is 0 Å². The lowest BCUT2D eigenvalue weighted by molar-refractivity contribution is 0.776. The van der Waals surface area contributed by atoms with Crippen LogP contribution in [0.15, 0.2) is 35.3 Å². The van der Waals surface area contributed by atoms with Crippen LogP contribution in [0.2, 0.25) is 5.02 Å². The van der Waals surface area contributed by atoms with Crippen LogP contribution in [0.5, 0.6) is 0 Å². The van der Waals surface area contributed by atoms with Crippen LogP contribution in [0, 0.1) is 0 Å². The van der Waals surface area contributed by atoms with Crippen LogP contribution in [0.3, 0.4) is 0 Å². The van der Waals surface area contributed by atoms with Gasteiger partial charge in [-0.3, -0.25) is 4.57 Å². The molecular formula is C15H17ClN6O. The lowest BCUT2D eigenvalue weighted by atomic mass is 10.2. The molecule has 3 N–H and O–H groups in total. The van der Waals surface area contributed by atoms with Crippen molar-refractivity contribution in [2.24, 2.45) is 0 Å². The van der Waals surface area contributed by atoms with Crippen molar-refractivity contribution in [1.82, 2.24) is 24.8 Å². The Balaban J connectivity index is 1.95. The molecule has 0 saturated carbocycles. The predicted molar refractivity (Wildman–Crippen MR) is 91.1 cm³/mol. The summed E-state index contributed by atoms with van der Waals surface area (Å²) in [7, 11) is 1.87. The Morgan fingerprint density at radius 2 is 2.13 bits per heavy atom. The van der Waals surface area contributed by atoms with Gasteiger partial charge in [0, 0.05) is 18.1 Å². The summed E-state index contributed by atoms with van der Waals surface area (Å²) in [6.45, 7) is 1.84. The Bertz CT molecular complexity index is 872. The standard InChI is InChI=1S/C15H17ClN6O/c1-17-6-7-18-14-19-8-12-13(21-14)22(15(23)20-12)9-10-4-2-3-5-11(10)16/h2-5,8,17H,6-7,9H2,1H3,(H,20,23)(H,18,19,21). The number of nitrogens with zero attached hydrogens (tertiary/aromatic N) is 3. The van der Waals surface area contributed by atoms with Gasteiger partial charge in [-0.1, -0.05) is 29.8 Å². The van der Waals surface area contributed by atoms with Crippen molar-refractivity contribution in [2.45, 2.75) is 6.54 Å². The molecule has 7 nitrogen and oxygen atoms in total. The van der Waals surface area contributed by atoms with Gasteiger partial charge in [-0.15, -0.1) is 0 Å². The van der Waals surface area contributed by atoms with Gasteiger partial charge in [-0.05, 0) is 18.7 Å². The van der Waals surface area contributed by atoms with Gasteiger partial charge in [0.1, 0.15) is 5.52 Å². The van der Waals surface area contributed by atoms with Crippen LogP contribution >= 0.6 is 11.6 Å². The molecule has 0 aliphatic carbocycles. The highest BCUT2D eigenvalue weighted by atomic mass is 35.5. The Morgan fingerprint density at radius 1 is 1.30 bits per heavy atom. The van der Waals surface area contributed by atoms with E-state index in [1.165, 1.54) is 0 Å². The molecule has 0 saturated heterocycles. The normalized spacial score (nSPS) is 11.0. The number of hydrogen-bond donors (Lipinski definition) is 3. The largest absolute Gasteiger partial charge is 0.353 e. The van der Waals surface area contributed by atoms with Crippen molar-refractivity contribution < 1.29 is 0 Å². The summed E-state index contributed by atoms with van der Waals surface area (Å²) in [5.41, 5.74) is 1.78. The molecule has 0 amide bonds. The number of aromatic nitrogens is 4. The van der Waals surface area contributed by atoms with E-state index in [4.69, 9.17) is 11.6 Å². The maximum atomic E-state index is 12.2. The zero-order valence-electron chi connectivity index (χ0n) is 12.6. The first-order valence-electron chi connectivity index (χ1n) is 7.26. The molecule has 8 heteroatoms. The van der Waals surface area contributed by atoms with Gasteiger partial charge >= 0.3 is 5.69 Å². The molecule has 0 spiro atoms. The van der Waals surface area contributed by atoms with Crippen molar-refractivity contribution in [3.05, 3.63) is 51.5 Å². The summed E-state index contributed by atoms with van der Waals surface area (Å²) in [5.74, 6) is 0.486. The van der Waals surface area contributed by atoms with Crippen molar-refractivity contribution in [1.29, 1.82) is 0 Å². The quantitative estimate of drug-likeness (QED) is 0.595. The number of benzene rings is 1. The van der Waals surface area contributed by atoms with Gasteiger partial charge in [-0.25, -0.2) is 9.78 Å². The van der Waals surface area contributed by atoms with Crippen molar-refractivity contribution in [2.75, 3.05) is 25.5 Å². The fourth-order valence-electron chi connectivity index (χ4n) is 2.27.